The zero-order valence-electron chi connectivity index (χ0n) is 15.4. The number of thiophene rings is 1. The van der Waals surface area contributed by atoms with Crippen molar-refractivity contribution in [3.05, 3.63) is 77.3 Å². The molecule has 4 aromatic rings. The highest BCUT2D eigenvalue weighted by Gasteiger charge is 2.14. The number of primary amides is 1. The molecular formula is C22H18N4O2S. The molecule has 4 rings (SSSR count). The molecule has 0 saturated heterocycles. The van der Waals surface area contributed by atoms with Gasteiger partial charge in [0.1, 0.15) is 5.82 Å². The van der Waals surface area contributed by atoms with E-state index in [1.54, 1.807) is 12.3 Å². The predicted molar refractivity (Wildman–Crippen MR) is 117 cm³/mol. The van der Waals surface area contributed by atoms with Crippen LogP contribution in [0.15, 0.2) is 66.9 Å². The van der Waals surface area contributed by atoms with Crippen molar-refractivity contribution in [1.82, 2.24) is 4.98 Å². The Morgan fingerprint density at radius 3 is 2.45 bits per heavy atom. The fourth-order valence-corrected chi connectivity index (χ4v) is 4.05. The van der Waals surface area contributed by atoms with Crippen LogP contribution in [0.25, 0.3) is 21.2 Å². The fraction of sp³-hybridized carbons (Fsp3) is 0.0455. The summed E-state index contributed by atoms with van der Waals surface area (Å²) < 4.78 is 0.733. The van der Waals surface area contributed by atoms with Gasteiger partial charge < -0.3 is 16.8 Å². The molecule has 2 aromatic heterocycles. The van der Waals surface area contributed by atoms with Crippen LogP contribution < -0.4 is 16.8 Å². The molecule has 0 saturated carbocycles. The average Bonchev–Trinajstić information content (AvgIpc) is 3.17. The second-order valence-corrected chi connectivity index (χ2v) is 7.61. The number of benzene rings is 2. The van der Waals surface area contributed by atoms with Gasteiger partial charge in [0.25, 0.3) is 5.91 Å². The highest BCUT2D eigenvalue weighted by Crippen LogP contribution is 2.36. The lowest BCUT2D eigenvalue weighted by molar-refractivity contribution is -0.115. The molecule has 0 atom stereocenters. The Hall–Kier alpha value is -3.71. The third-order valence-electron chi connectivity index (χ3n) is 4.52. The van der Waals surface area contributed by atoms with E-state index >= 15 is 0 Å². The molecule has 6 nitrogen and oxygen atoms in total. The molecule has 0 aliphatic heterocycles. The highest BCUT2D eigenvalue weighted by molar-refractivity contribution is 7.21. The second-order valence-electron chi connectivity index (χ2n) is 6.56. The molecule has 7 heteroatoms. The van der Waals surface area contributed by atoms with E-state index in [-0.39, 0.29) is 5.91 Å². The van der Waals surface area contributed by atoms with Gasteiger partial charge >= 0.3 is 0 Å². The quantitative estimate of drug-likeness (QED) is 0.471. The van der Waals surface area contributed by atoms with Crippen molar-refractivity contribution >= 4 is 44.7 Å². The first-order valence-electron chi connectivity index (χ1n) is 8.93. The van der Waals surface area contributed by atoms with Crippen molar-refractivity contribution in [2.75, 3.05) is 11.1 Å². The number of hydrogen-bond donors (Lipinski definition) is 3. The van der Waals surface area contributed by atoms with Crippen LogP contribution in [-0.4, -0.2) is 16.8 Å². The van der Waals surface area contributed by atoms with Crippen LogP contribution in [0.4, 0.5) is 11.5 Å². The minimum Gasteiger partial charge on any atom is -0.383 e. The monoisotopic (exact) mass is 402 g/mol. The Balaban J connectivity index is 1.57. The van der Waals surface area contributed by atoms with Crippen molar-refractivity contribution in [2.45, 2.75) is 6.42 Å². The number of pyridine rings is 1. The van der Waals surface area contributed by atoms with E-state index in [2.05, 4.69) is 10.3 Å². The summed E-state index contributed by atoms with van der Waals surface area (Å²) in [5, 5.41) is 3.73. The first-order chi connectivity index (χ1) is 14.0. The number of anilines is 2. The molecule has 0 unspecified atom stereocenters. The van der Waals surface area contributed by atoms with Gasteiger partial charge in [-0.1, -0.05) is 42.5 Å². The van der Waals surface area contributed by atoms with Crippen LogP contribution in [0.2, 0.25) is 0 Å². The summed E-state index contributed by atoms with van der Waals surface area (Å²) in [6, 6.07) is 18.8. The molecule has 2 heterocycles. The largest absolute Gasteiger partial charge is 0.383 e. The van der Waals surface area contributed by atoms with Gasteiger partial charge in [-0.2, -0.15) is 0 Å². The van der Waals surface area contributed by atoms with E-state index in [1.807, 2.05) is 54.6 Å². The molecule has 0 spiro atoms. The summed E-state index contributed by atoms with van der Waals surface area (Å²) >= 11 is 1.23. The standard InChI is InChI=1S/C22H18N4O2S/c23-21-20-16(11-18(29-20)22(24)28)17(12-25-21)14-6-8-15(9-7-14)26-19(27)10-13-4-2-1-3-5-13/h1-9,11-12H,10H2,(H2,23,25)(H2,24,28)(H,26,27). The summed E-state index contributed by atoms with van der Waals surface area (Å²) in [6.45, 7) is 0. The average molecular weight is 402 g/mol. The maximum atomic E-state index is 12.2. The van der Waals surface area contributed by atoms with Gasteiger partial charge in [-0.3, -0.25) is 9.59 Å². The molecule has 0 fully saturated rings. The molecular weight excluding hydrogens is 384 g/mol. The molecule has 2 aromatic carbocycles. The third-order valence-corrected chi connectivity index (χ3v) is 5.69. The topological polar surface area (TPSA) is 111 Å². The molecule has 144 valence electrons. The second kappa shape index (κ2) is 7.73. The molecule has 5 N–H and O–H groups in total. The number of rotatable bonds is 5. The predicted octanol–water partition coefficient (Wildman–Crippen LogP) is 3.83. The zero-order chi connectivity index (χ0) is 20.4. The molecule has 0 aliphatic rings. The van der Waals surface area contributed by atoms with E-state index in [9.17, 15) is 9.59 Å². The third kappa shape index (κ3) is 3.95. The van der Waals surface area contributed by atoms with Gasteiger partial charge in [-0.25, -0.2) is 4.98 Å². The molecule has 2 amide bonds. The normalized spacial score (nSPS) is 10.8. The van der Waals surface area contributed by atoms with Gasteiger partial charge in [0.15, 0.2) is 0 Å². The Morgan fingerprint density at radius 2 is 1.76 bits per heavy atom. The van der Waals surface area contributed by atoms with Crippen molar-refractivity contribution in [3.63, 3.8) is 0 Å². The van der Waals surface area contributed by atoms with Crippen molar-refractivity contribution in [1.29, 1.82) is 0 Å². The minimum atomic E-state index is -0.493. The highest BCUT2D eigenvalue weighted by atomic mass is 32.1. The summed E-state index contributed by atoms with van der Waals surface area (Å²) in [5.41, 5.74) is 14.8. The van der Waals surface area contributed by atoms with E-state index in [0.29, 0.717) is 22.8 Å². The van der Waals surface area contributed by atoms with Crippen LogP contribution in [0.5, 0.6) is 0 Å². The molecule has 29 heavy (non-hydrogen) atoms. The molecule has 0 radical (unpaired) electrons. The zero-order valence-corrected chi connectivity index (χ0v) is 16.2. The van der Waals surface area contributed by atoms with Crippen molar-refractivity contribution in [2.24, 2.45) is 5.73 Å². The van der Waals surface area contributed by atoms with Crippen LogP contribution in [-0.2, 0) is 11.2 Å². The first kappa shape index (κ1) is 18.6. The van der Waals surface area contributed by atoms with Gasteiger partial charge in [0.05, 0.1) is 16.0 Å². The number of carbonyl (C=O) groups excluding carboxylic acids is 2. The number of nitrogens with zero attached hydrogens (tertiary/aromatic N) is 1. The lowest BCUT2D eigenvalue weighted by Gasteiger charge is -2.08. The van der Waals surface area contributed by atoms with Gasteiger partial charge in [0, 0.05) is 22.8 Å². The number of amides is 2. The number of aromatic nitrogens is 1. The Kier molecular flexibility index (Phi) is 4.97. The van der Waals surface area contributed by atoms with Crippen LogP contribution >= 0.6 is 11.3 Å². The molecule has 0 bridgehead atoms. The Morgan fingerprint density at radius 1 is 1.03 bits per heavy atom. The Bertz CT molecular complexity index is 1200. The number of carbonyl (C=O) groups is 2. The van der Waals surface area contributed by atoms with Crippen LogP contribution in [0, 0.1) is 0 Å². The summed E-state index contributed by atoms with van der Waals surface area (Å²) in [7, 11) is 0. The maximum absolute atomic E-state index is 12.2. The van der Waals surface area contributed by atoms with Gasteiger partial charge in [-0.05, 0) is 29.3 Å². The van der Waals surface area contributed by atoms with Crippen molar-refractivity contribution in [3.8, 4) is 11.1 Å². The number of nitrogens with two attached hydrogens (primary N) is 2. The lowest BCUT2D eigenvalue weighted by atomic mass is 10.0. The number of nitrogens with one attached hydrogen (secondary N) is 1. The number of fused-ring (bicyclic) bond motifs is 1. The van der Waals surface area contributed by atoms with E-state index < -0.39 is 5.91 Å². The minimum absolute atomic E-state index is 0.0792. The SMILES string of the molecule is NC(=O)c1cc2c(-c3ccc(NC(=O)Cc4ccccc4)cc3)cnc(N)c2s1. The number of nitrogen functional groups attached to an aromatic ring is 1. The van der Waals surface area contributed by atoms with Gasteiger partial charge in [-0.15, -0.1) is 11.3 Å². The summed E-state index contributed by atoms with van der Waals surface area (Å²) in [5.74, 6) is -0.205. The van der Waals surface area contributed by atoms with Gasteiger partial charge in [0.2, 0.25) is 5.91 Å². The first-order valence-corrected chi connectivity index (χ1v) is 9.75. The van der Waals surface area contributed by atoms with E-state index in [1.165, 1.54) is 11.3 Å². The van der Waals surface area contributed by atoms with Crippen LogP contribution in [0.3, 0.4) is 0 Å². The Labute approximate surface area is 171 Å². The smallest absolute Gasteiger partial charge is 0.258 e. The van der Waals surface area contributed by atoms with E-state index in [0.717, 1.165) is 26.8 Å². The molecule has 0 aliphatic carbocycles. The summed E-state index contributed by atoms with van der Waals surface area (Å²) in [6.07, 6.45) is 1.99. The summed E-state index contributed by atoms with van der Waals surface area (Å²) in [4.78, 5) is 28.5. The fourth-order valence-electron chi connectivity index (χ4n) is 3.11. The van der Waals surface area contributed by atoms with E-state index in [4.69, 9.17) is 11.5 Å². The van der Waals surface area contributed by atoms with Crippen molar-refractivity contribution < 1.29 is 9.59 Å². The van der Waals surface area contributed by atoms with Crippen LogP contribution in [0.1, 0.15) is 15.2 Å². The maximum Gasteiger partial charge on any atom is 0.258 e. The number of hydrogen-bond acceptors (Lipinski definition) is 5. The lowest BCUT2D eigenvalue weighted by Crippen LogP contribution is -2.14.